The highest BCUT2D eigenvalue weighted by atomic mass is 16.3. The van der Waals surface area contributed by atoms with Crippen LogP contribution < -0.4 is 0 Å². The van der Waals surface area contributed by atoms with E-state index in [-0.39, 0.29) is 28.4 Å². The molecule has 0 atom stereocenters. The molecule has 5 nitrogen and oxygen atoms in total. The van der Waals surface area contributed by atoms with E-state index in [0.29, 0.717) is 24.1 Å². The second-order valence-corrected chi connectivity index (χ2v) is 6.81. The third-order valence-electron chi connectivity index (χ3n) is 3.76. The average Bonchev–Trinajstić information content (AvgIpc) is 2.45. The zero-order chi connectivity index (χ0) is 17.2. The fourth-order valence-electron chi connectivity index (χ4n) is 2.54. The molecule has 0 aromatic heterocycles. The minimum atomic E-state index is -0.216. The lowest BCUT2D eigenvalue weighted by Crippen LogP contribution is -2.26. The molecule has 23 heavy (non-hydrogen) atoms. The maximum atomic E-state index is 12.1. The topological polar surface area (TPSA) is 70.0 Å². The second-order valence-electron chi connectivity index (χ2n) is 6.81. The van der Waals surface area contributed by atoms with Gasteiger partial charge in [-0.25, -0.2) is 0 Å². The summed E-state index contributed by atoms with van der Waals surface area (Å²) in [5.74, 6) is -0.0816. The molecular weight excluding hydrogens is 292 g/mol. The van der Waals surface area contributed by atoms with Crippen LogP contribution in [0.5, 0.6) is 0 Å². The molecule has 0 radical (unpaired) electrons. The standard InChI is InChI=1S/C18H22N2O3/c1-18(2)9-15(21)14(16(22)10-18)11-19-13-7-5-12(6-8-13)17(23)20(3)4/h5-8,11,21H,9-10H2,1-4H3. The Labute approximate surface area is 136 Å². The van der Waals surface area contributed by atoms with E-state index in [2.05, 4.69) is 4.99 Å². The summed E-state index contributed by atoms with van der Waals surface area (Å²) in [6, 6.07) is 6.80. The van der Waals surface area contributed by atoms with Gasteiger partial charge in [0.1, 0.15) is 5.76 Å². The maximum absolute atomic E-state index is 12.1. The van der Waals surface area contributed by atoms with Crippen molar-refractivity contribution >= 4 is 23.6 Å². The Hall–Kier alpha value is -2.43. The fourth-order valence-corrected chi connectivity index (χ4v) is 2.54. The van der Waals surface area contributed by atoms with E-state index in [9.17, 15) is 14.7 Å². The molecule has 0 unspecified atom stereocenters. The largest absolute Gasteiger partial charge is 0.511 e. The fraction of sp³-hybridized carbons (Fsp3) is 0.389. The molecule has 0 bridgehead atoms. The van der Waals surface area contributed by atoms with Gasteiger partial charge in [-0.05, 0) is 29.7 Å². The van der Waals surface area contributed by atoms with E-state index in [4.69, 9.17) is 0 Å². The monoisotopic (exact) mass is 314 g/mol. The molecule has 0 saturated carbocycles. The Balaban J connectivity index is 2.17. The quantitative estimate of drug-likeness (QED) is 0.870. The van der Waals surface area contributed by atoms with Crippen molar-refractivity contribution < 1.29 is 14.7 Å². The van der Waals surface area contributed by atoms with Gasteiger partial charge in [0.2, 0.25) is 0 Å². The molecule has 5 heteroatoms. The molecule has 0 spiro atoms. The van der Waals surface area contributed by atoms with Gasteiger partial charge in [0.05, 0.1) is 11.3 Å². The van der Waals surface area contributed by atoms with Gasteiger partial charge in [-0.15, -0.1) is 0 Å². The Morgan fingerprint density at radius 1 is 1.22 bits per heavy atom. The summed E-state index contributed by atoms with van der Waals surface area (Å²) in [6.45, 7) is 3.91. The average molecular weight is 314 g/mol. The highest BCUT2D eigenvalue weighted by Crippen LogP contribution is 2.35. The Bertz CT molecular complexity index is 683. The summed E-state index contributed by atoms with van der Waals surface area (Å²) in [6.07, 6.45) is 2.28. The highest BCUT2D eigenvalue weighted by molar-refractivity contribution is 6.14. The first-order valence-corrected chi connectivity index (χ1v) is 7.51. The van der Waals surface area contributed by atoms with E-state index >= 15 is 0 Å². The number of carbonyl (C=O) groups excluding carboxylic acids is 2. The van der Waals surface area contributed by atoms with Crippen LogP contribution in [0.15, 0.2) is 40.6 Å². The zero-order valence-corrected chi connectivity index (χ0v) is 14.0. The van der Waals surface area contributed by atoms with Crippen LogP contribution in [0.1, 0.15) is 37.0 Å². The lowest BCUT2D eigenvalue weighted by atomic mass is 9.77. The molecule has 0 heterocycles. The first-order chi connectivity index (χ1) is 10.7. The number of nitrogens with zero attached hydrogens (tertiary/aromatic N) is 2. The zero-order valence-electron chi connectivity index (χ0n) is 14.0. The third kappa shape index (κ3) is 4.06. The number of Topliss-reactive ketones (excluding diaryl/α,β-unsaturated/α-hetero) is 1. The summed E-state index contributed by atoms with van der Waals surface area (Å²) in [5.41, 5.74) is 1.26. The number of rotatable bonds is 3. The van der Waals surface area contributed by atoms with Gasteiger partial charge in [-0.2, -0.15) is 0 Å². The normalized spacial score (nSPS) is 17.7. The second kappa shape index (κ2) is 6.36. The van der Waals surface area contributed by atoms with Crippen LogP contribution in [-0.2, 0) is 4.79 Å². The predicted molar refractivity (Wildman–Crippen MR) is 90.3 cm³/mol. The number of aliphatic hydroxyl groups is 1. The number of amides is 1. The Morgan fingerprint density at radius 2 is 1.83 bits per heavy atom. The molecular formula is C18H22N2O3. The number of allylic oxidation sites excluding steroid dienone is 2. The van der Waals surface area contributed by atoms with Crippen molar-refractivity contribution in [2.75, 3.05) is 14.1 Å². The first-order valence-electron chi connectivity index (χ1n) is 7.51. The van der Waals surface area contributed by atoms with Crippen molar-refractivity contribution in [3.05, 3.63) is 41.2 Å². The van der Waals surface area contributed by atoms with Crippen molar-refractivity contribution in [1.82, 2.24) is 4.90 Å². The Kier molecular flexibility index (Phi) is 4.68. The molecule has 1 aliphatic carbocycles. The van der Waals surface area contributed by atoms with E-state index in [1.165, 1.54) is 11.1 Å². The van der Waals surface area contributed by atoms with Crippen LogP contribution >= 0.6 is 0 Å². The van der Waals surface area contributed by atoms with Crippen molar-refractivity contribution in [2.24, 2.45) is 10.4 Å². The summed E-state index contributed by atoms with van der Waals surface area (Å²) < 4.78 is 0. The number of aliphatic hydroxyl groups excluding tert-OH is 1. The smallest absolute Gasteiger partial charge is 0.253 e. The number of ketones is 1. The highest BCUT2D eigenvalue weighted by Gasteiger charge is 2.32. The van der Waals surface area contributed by atoms with Gasteiger partial charge in [0.15, 0.2) is 5.78 Å². The van der Waals surface area contributed by atoms with Gasteiger partial charge in [-0.3, -0.25) is 14.6 Å². The molecule has 2 rings (SSSR count). The number of carbonyl (C=O) groups is 2. The van der Waals surface area contributed by atoms with Crippen molar-refractivity contribution in [1.29, 1.82) is 0 Å². The Morgan fingerprint density at radius 3 is 2.35 bits per heavy atom. The van der Waals surface area contributed by atoms with E-state index < -0.39 is 0 Å². The van der Waals surface area contributed by atoms with Crippen LogP contribution in [0, 0.1) is 5.41 Å². The molecule has 1 aliphatic rings. The summed E-state index contributed by atoms with van der Waals surface area (Å²) in [7, 11) is 3.39. The molecule has 1 amide bonds. The summed E-state index contributed by atoms with van der Waals surface area (Å²) in [4.78, 5) is 29.6. The lowest BCUT2D eigenvalue weighted by molar-refractivity contribution is -0.117. The van der Waals surface area contributed by atoms with Gasteiger partial charge in [-0.1, -0.05) is 13.8 Å². The van der Waals surface area contributed by atoms with Crippen LogP contribution in [0.25, 0.3) is 0 Å². The van der Waals surface area contributed by atoms with Gasteiger partial charge < -0.3 is 10.0 Å². The van der Waals surface area contributed by atoms with Gasteiger partial charge in [0, 0.05) is 38.7 Å². The lowest BCUT2D eigenvalue weighted by Gasteiger charge is -2.28. The van der Waals surface area contributed by atoms with Crippen LogP contribution in [0.3, 0.4) is 0 Å². The number of aliphatic imine (C=N–C) groups is 1. The number of benzene rings is 1. The van der Waals surface area contributed by atoms with Gasteiger partial charge >= 0.3 is 0 Å². The van der Waals surface area contributed by atoms with Crippen molar-refractivity contribution in [3.8, 4) is 0 Å². The maximum Gasteiger partial charge on any atom is 0.253 e. The third-order valence-corrected chi connectivity index (χ3v) is 3.76. The minimum absolute atomic E-state index is 0.0782. The van der Waals surface area contributed by atoms with Crippen LogP contribution in [-0.4, -0.2) is 42.0 Å². The van der Waals surface area contributed by atoms with E-state index in [1.54, 1.807) is 38.4 Å². The van der Waals surface area contributed by atoms with Crippen LogP contribution in [0.4, 0.5) is 5.69 Å². The molecule has 1 aromatic rings. The molecule has 0 fully saturated rings. The molecule has 1 N–H and O–H groups in total. The summed E-state index contributed by atoms with van der Waals surface area (Å²) in [5, 5.41) is 10.0. The number of hydrogen-bond donors (Lipinski definition) is 1. The molecule has 0 saturated heterocycles. The first kappa shape index (κ1) is 16.9. The van der Waals surface area contributed by atoms with Crippen molar-refractivity contribution in [2.45, 2.75) is 26.7 Å². The minimum Gasteiger partial charge on any atom is -0.511 e. The van der Waals surface area contributed by atoms with Crippen molar-refractivity contribution in [3.63, 3.8) is 0 Å². The van der Waals surface area contributed by atoms with E-state index in [0.717, 1.165) is 0 Å². The molecule has 1 aromatic carbocycles. The van der Waals surface area contributed by atoms with E-state index in [1.807, 2.05) is 13.8 Å². The van der Waals surface area contributed by atoms with Crippen LogP contribution in [0.2, 0.25) is 0 Å². The number of hydrogen-bond acceptors (Lipinski definition) is 4. The predicted octanol–water partition coefficient (Wildman–Crippen LogP) is 3.29. The SMILES string of the molecule is CN(C)C(=O)c1ccc(N=CC2=C(O)CC(C)(C)CC2=O)cc1. The summed E-state index contributed by atoms with van der Waals surface area (Å²) >= 11 is 0. The molecule has 122 valence electrons. The van der Waals surface area contributed by atoms with Gasteiger partial charge in [0.25, 0.3) is 5.91 Å². The molecule has 0 aliphatic heterocycles.